The first kappa shape index (κ1) is 15.0. The van der Waals surface area contributed by atoms with E-state index in [0.717, 1.165) is 17.9 Å². The van der Waals surface area contributed by atoms with E-state index in [4.69, 9.17) is 5.11 Å². The number of carbonyl (C=O) groups is 2. The summed E-state index contributed by atoms with van der Waals surface area (Å²) in [5, 5.41) is 13.4. The number of carboxylic acid groups (broad SMARTS) is 1. The van der Waals surface area contributed by atoms with Gasteiger partial charge in [0.1, 0.15) is 6.04 Å². The molecular formula is C12H17NO3S2. The summed E-state index contributed by atoms with van der Waals surface area (Å²) in [7, 11) is 0. The zero-order chi connectivity index (χ0) is 13.4. The van der Waals surface area contributed by atoms with Crippen LogP contribution in [-0.2, 0) is 16.0 Å². The van der Waals surface area contributed by atoms with Gasteiger partial charge in [-0.05, 0) is 35.8 Å². The number of aryl methyl sites for hydroxylation is 1. The van der Waals surface area contributed by atoms with Gasteiger partial charge in [0, 0.05) is 11.8 Å². The van der Waals surface area contributed by atoms with Crippen LogP contribution >= 0.6 is 23.1 Å². The standard InChI is InChI=1S/C12H17NO3S2/c1-9(14)13-11(12(15)16)5-8-17-7-4-10-3-2-6-18-10/h2-3,6,11H,4-5,7-8H2,1H3,(H,13,14)(H,15,16). The summed E-state index contributed by atoms with van der Waals surface area (Å²) in [6.07, 6.45) is 1.48. The van der Waals surface area contributed by atoms with Crippen LogP contribution in [0.4, 0.5) is 0 Å². The first-order chi connectivity index (χ1) is 8.59. The van der Waals surface area contributed by atoms with Crippen molar-refractivity contribution in [3.8, 4) is 0 Å². The number of nitrogens with one attached hydrogen (secondary N) is 1. The van der Waals surface area contributed by atoms with Crippen molar-refractivity contribution in [1.82, 2.24) is 5.32 Å². The topological polar surface area (TPSA) is 66.4 Å². The minimum atomic E-state index is -0.968. The predicted molar refractivity (Wildman–Crippen MR) is 75.2 cm³/mol. The molecule has 1 rings (SSSR count). The fraction of sp³-hybridized carbons (Fsp3) is 0.500. The van der Waals surface area contributed by atoms with E-state index >= 15 is 0 Å². The molecule has 0 spiro atoms. The van der Waals surface area contributed by atoms with Crippen LogP contribution in [0.2, 0.25) is 0 Å². The Kier molecular flexibility index (Phi) is 6.82. The third-order valence-electron chi connectivity index (χ3n) is 2.30. The third kappa shape index (κ3) is 6.07. The zero-order valence-electron chi connectivity index (χ0n) is 10.2. The highest BCUT2D eigenvalue weighted by atomic mass is 32.2. The lowest BCUT2D eigenvalue weighted by molar-refractivity contribution is -0.141. The second-order valence-electron chi connectivity index (χ2n) is 3.82. The molecule has 0 aliphatic carbocycles. The van der Waals surface area contributed by atoms with Gasteiger partial charge in [-0.15, -0.1) is 11.3 Å². The Balaban J connectivity index is 2.14. The van der Waals surface area contributed by atoms with Gasteiger partial charge in [-0.25, -0.2) is 4.79 Å². The van der Waals surface area contributed by atoms with Crippen LogP contribution in [0, 0.1) is 0 Å². The van der Waals surface area contributed by atoms with Gasteiger partial charge in [-0.1, -0.05) is 6.07 Å². The highest BCUT2D eigenvalue weighted by Crippen LogP contribution is 2.13. The Morgan fingerprint density at radius 3 is 2.83 bits per heavy atom. The molecule has 1 amide bonds. The molecule has 0 saturated carbocycles. The monoisotopic (exact) mass is 287 g/mol. The molecule has 0 fully saturated rings. The summed E-state index contributed by atoms with van der Waals surface area (Å²) in [5.74, 6) is 0.449. The number of amides is 1. The second kappa shape index (κ2) is 8.16. The smallest absolute Gasteiger partial charge is 0.326 e. The van der Waals surface area contributed by atoms with Crippen LogP contribution in [0.5, 0.6) is 0 Å². The molecule has 0 radical (unpaired) electrons. The Morgan fingerprint density at radius 1 is 1.50 bits per heavy atom. The SMILES string of the molecule is CC(=O)NC(CCSCCc1cccs1)C(=O)O. The van der Waals surface area contributed by atoms with Crippen molar-refractivity contribution in [2.24, 2.45) is 0 Å². The number of rotatable bonds is 8. The van der Waals surface area contributed by atoms with Crippen molar-refractivity contribution in [2.75, 3.05) is 11.5 Å². The van der Waals surface area contributed by atoms with Gasteiger partial charge in [0.15, 0.2) is 0 Å². The van der Waals surface area contributed by atoms with Crippen LogP contribution in [0.3, 0.4) is 0 Å². The molecule has 0 aliphatic heterocycles. The minimum Gasteiger partial charge on any atom is -0.480 e. The highest BCUT2D eigenvalue weighted by Gasteiger charge is 2.17. The quantitative estimate of drug-likeness (QED) is 0.718. The molecule has 0 aromatic carbocycles. The molecule has 18 heavy (non-hydrogen) atoms. The first-order valence-corrected chi connectivity index (χ1v) is 7.73. The second-order valence-corrected chi connectivity index (χ2v) is 6.08. The molecule has 1 unspecified atom stereocenters. The first-order valence-electron chi connectivity index (χ1n) is 5.69. The van der Waals surface area contributed by atoms with Gasteiger partial charge in [0.05, 0.1) is 0 Å². The molecule has 0 saturated heterocycles. The molecule has 100 valence electrons. The zero-order valence-corrected chi connectivity index (χ0v) is 11.9. The molecule has 0 aliphatic rings. The third-order valence-corrected chi connectivity index (χ3v) is 4.25. The molecule has 1 aromatic heterocycles. The largest absolute Gasteiger partial charge is 0.480 e. The van der Waals surface area contributed by atoms with E-state index in [1.807, 2.05) is 6.07 Å². The van der Waals surface area contributed by atoms with Crippen molar-refractivity contribution < 1.29 is 14.7 Å². The molecule has 2 N–H and O–H groups in total. The van der Waals surface area contributed by atoms with Crippen LogP contribution in [0.1, 0.15) is 18.2 Å². The van der Waals surface area contributed by atoms with Crippen molar-refractivity contribution in [3.05, 3.63) is 22.4 Å². The molecule has 1 heterocycles. The van der Waals surface area contributed by atoms with E-state index in [2.05, 4.69) is 16.8 Å². The van der Waals surface area contributed by atoms with Gasteiger partial charge in [-0.2, -0.15) is 11.8 Å². The summed E-state index contributed by atoms with van der Waals surface area (Å²) in [6.45, 7) is 1.33. The van der Waals surface area contributed by atoms with Crippen LogP contribution in [0.15, 0.2) is 17.5 Å². The van der Waals surface area contributed by atoms with Gasteiger partial charge in [0.25, 0.3) is 0 Å². The molecule has 0 bridgehead atoms. The van der Waals surface area contributed by atoms with Crippen molar-refractivity contribution >= 4 is 35.0 Å². The summed E-state index contributed by atoms with van der Waals surface area (Å²) in [5.41, 5.74) is 0. The maximum absolute atomic E-state index is 10.9. The van der Waals surface area contributed by atoms with Crippen LogP contribution in [-0.4, -0.2) is 34.5 Å². The Bertz CT molecular complexity index is 379. The lowest BCUT2D eigenvalue weighted by Crippen LogP contribution is -2.39. The highest BCUT2D eigenvalue weighted by molar-refractivity contribution is 7.99. The minimum absolute atomic E-state index is 0.300. The lowest BCUT2D eigenvalue weighted by Gasteiger charge is -2.12. The van der Waals surface area contributed by atoms with E-state index < -0.39 is 12.0 Å². The Hall–Kier alpha value is -1.01. The number of thiophene rings is 1. The summed E-state index contributed by atoms with van der Waals surface area (Å²) < 4.78 is 0. The predicted octanol–water partition coefficient (Wildman–Crippen LogP) is 2.00. The molecule has 6 heteroatoms. The molecular weight excluding hydrogens is 270 g/mol. The number of carboxylic acids is 1. The van der Waals surface area contributed by atoms with Gasteiger partial charge < -0.3 is 10.4 Å². The van der Waals surface area contributed by atoms with E-state index in [-0.39, 0.29) is 5.91 Å². The molecule has 1 atom stereocenters. The molecule has 1 aromatic rings. The van der Waals surface area contributed by atoms with E-state index in [9.17, 15) is 9.59 Å². The van der Waals surface area contributed by atoms with Crippen LogP contribution < -0.4 is 5.32 Å². The number of hydrogen-bond donors (Lipinski definition) is 2. The Labute approximate surface area is 115 Å². The fourth-order valence-electron chi connectivity index (χ4n) is 1.43. The molecule has 4 nitrogen and oxygen atoms in total. The van der Waals surface area contributed by atoms with Crippen molar-refractivity contribution in [3.63, 3.8) is 0 Å². The Morgan fingerprint density at radius 2 is 2.28 bits per heavy atom. The summed E-state index contributed by atoms with van der Waals surface area (Å²) >= 11 is 3.45. The maximum Gasteiger partial charge on any atom is 0.326 e. The van der Waals surface area contributed by atoms with E-state index in [1.54, 1.807) is 23.1 Å². The van der Waals surface area contributed by atoms with Crippen LogP contribution in [0.25, 0.3) is 0 Å². The van der Waals surface area contributed by atoms with Crippen molar-refractivity contribution in [2.45, 2.75) is 25.8 Å². The normalized spacial score (nSPS) is 12.1. The van der Waals surface area contributed by atoms with Gasteiger partial charge >= 0.3 is 5.97 Å². The number of thioether (sulfide) groups is 1. The fourth-order valence-corrected chi connectivity index (χ4v) is 3.24. The summed E-state index contributed by atoms with van der Waals surface area (Å²) in [4.78, 5) is 23.0. The van der Waals surface area contributed by atoms with Crippen molar-refractivity contribution in [1.29, 1.82) is 0 Å². The maximum atomic E-state index is 10.9. The number of aliphatic carboxylic acids is 1. The lowest BCUT2D eigenvalue weighted by atomic mass is 10.2. The van der Waals surface area contributed by atoms with Gasteiger partial charge in [0.2, 0.25) is 5.91 Å². The number of carbonyl (C=O) groups excluding carboxylic acids is 1. The average Bonchev–Trinajstić information content (AvgIpc) is 2.79. The average molecular weight is 287 g/mol. The number of hydrogen-bond acceptors (Lipinski definition) is 4. The van der Waals surface area contributed by atoms with E-state index in [1.165, 1.54) is 11.8 Å². The van der Waals surface area contributed by atoms with E-state index in [0.29, 0.717) is 6.42 Å². The van der Waals surface area contributed by atoms with Gasteiger partial charge in [-0.3, -0.25) is 4.79 Å². The summed E-state index contributed by atoms with van der Waals surface area (Å²) in [6, 6.07) is 3.36.